The number of imide groups is 1. The topological polar surface area (TPSA) is 80.5 Å². The number of carbonyl (C=O) groups excluding carboxylic acids is 2. The number of amides is 2. The molecule has 1 heterocycles. The van der Waals surface area contributed by atoms with Gasteiger partial charge in [-0.2, -0.15) is 0 Å². The van der Waals surface area contributed by atoms with Crippen molar-refractivity contribution < 1.29 is 14.5 Å². The first-order chi connectivity index (χ1) is 13.2. The van der Waals surface area contributed by atoms with Crippen LogP contribution in [0.15, 0.2) is 47.4 Å². The van der Waals surface area contributed by atoms with Crippen molar-refractivity contribution in [2.45, 2.75) is 26.0 Å². The van der Waals surface area contributed by atoms with Crippen LogP contribution in [-0.4, -0.2) is 22.0 Å². The van der Waals surface area contributed by atoms with Gasteiger partial charge in [0.2, 0.25) is 0 Å². The number of aryl methyl sites for hydroxylation is 1. The van der Waals surface area contributed by atoms with Gasteiger partial charge in [0.25, 0.3) is 17.5 Å². The van der Waals surface area contributed by atoms with E-state index in [0.717, 1.165) is 10.5 Å². The smallest absolute Gasteiger partial charge is 0.268 e. The van der Waals surface area contributed by atoms with Gasteiger partial charge in [0.1, 0.15) is 0 Å². The molecule has 0 saturated carbocycles. The van der Waals surface area contributed by atoms with Crippen LogP contribution >= 0.6 is 23.4 Å². The van der Waals surface area contributed by atoms with Crippen molar-refractivity contribution in [3.8, 4) is 0 Å². The molecule has 1 aliphatic heterocycles. The van der Waals surface area contributed by atoms with Gasteiger partial charge in [-0.1, -0.05) is 31.5 Å². The summed E-state index contributed by atoms with van der Waals surface area (Å²) in [7, 11) is 0. The zero-order chi connectivity index (χ0) is 20.6. The maximum atomic E-state index is 13.2. The fourth-order valence-corrected chi connectivity index (χ4v) is 3.98. The Morgan fingerprint density at radius 1 is 1.07 bits per heavy atom. The standard InChI is InChI=1S/C20H17ClN2O4S/c1-11(2)28-18-17(13-5-8-14(9-6-13)23(26)27)19(24)22(20(18)25)15-7-4-12(3)16(21)10-15/h4-11H,1-3H3. The molecule has 3 rings (SSSR count). The number of rotatable bonds is 5. The van der Waals surface area contributed by atoms with Crippen LogP contribution in [0.4, 0.5) is 11.4 Å². The Hall–Kier alpha value is -2.64. The summed E-state index contributed by atoms with van der Waals surface area (Å²) in [6.07, 6.45) is 0. The highest BCUT2D eigenvalue weighted by molar-refractivity contribution is 8.04. The van der Waals surface area contributed by atoms with Gasteiger partial charge in [-0.25, -0.2) is 4.90 Å². The highest BCUT2D eigenvalue weighted by Gasteiger charge is 2.40. The number of nitro benzene ring substituents is 1. The summed E-state index contributed by atoms with van der Waals surface area (Å²) in [5.74, 6) is -0.890. The van der Waals surface area contributed by atoms with E-state index in [9.17, 15) is 19.7 Å². The lowest BCUT2D eigenvalue weighted by molar-refractivity contribution is -0.384. The van der Waals surface area contributed by atoms with Crippen molar-refractivity contribution in [1.29, 1.82) is 0 Å². The van der Waals surface area contributed by atoms with Crippen LogP contribution in [0.25, 0.3) is 5.57 Å². The van der Waals surface area contributed by atoms with E-state index in [1.54, 1.807) is 18.2 Å². The SMILES string of the molecule is Cc1ccc(N2C(=O)C(SC(C)C)=C(c3ccc([N+](=O)[O-])cc3)C2=O)cc1Cl. The number of non-ortho nitro benzene ring substituents is 1. The van der Waals surface area contributed by atoms with E-state index in [1.165, 1.54) is 36.0 Å². The second-order valence-corrected chi connectivity index (χ2v) is 8.55. The van der Waals surface area contributed by atoms with Gasteiger partial charge < -0.3 is 0 Å². The van der Waals surface area contributed by atoms with Crippen molar-refractivity contribution in [3.05, 3.63) is 73.6 Å². The van der Waals surface area contributed by atoms with E-state index >= 15 is 0 Å². The molecule has 144 valence electrons. The van der Waals surface area contributed by atoms with E-state index in [1.807, 2.05) is 20.8 Å². The van der Waals surface area contributed by atoms with Crippen molar-refractivity contribution in [2.75, 3.05) is 4.90 Å². The minimum Gasteiger partial charge on any atom is -0.268 e. The van der Waals surface area contributed by atoms with Crippen molar-refractivity contribution in [2.24, 2.45) is 0 Å². The monoisotopic (exact) mass is 416 g/mol. The molecule has 0 saturated heterocycles. The quantitative estimate of drug-likeness (QED) is 0.390. The summed E-state index contributed by atoms with van der Waals surface area (Å²) in [5.41, 5.74) is 1.86. The zero-order valence-electron chi connectivity index (χ0n) is 15.4. The maximum absolute atomic E-state index is 13.2. The van der Waals surface area contributed by atoms with Gasteiger partial charge in [0, 0.05) is 22.4 Å². The number of anilines is 1. The van der Waals surface area contributed by atoms with Gasteiger partial charge in [-0.05, 0) is 42.3 Å². The third kappa shape index (κ3) is 3.68. The van der Waals surface area contributed by atoms with Crippen LogP contribution in [0.1, 0.15) is 25.0 Å². The molecule has 0 spiro atoms. The zero-order valence-corrected chi connectivity index (χ0v) is 17.0. The Morgan fingerprint density at radius 3 is 2.25 bits per heavy atom. The minimum absolute atomic E-state index is 0.0707. The molecule has 0 bridgehead atoms. The van der Waals surface area contributed by atoms with Crippen LogP contribution in [0.3, 0.4) is 0 Å². The molecule has 2 aromatic rings. The number of nitrogens with zero attached hydrogens (tertiary/aromatic N) is 2. The minimum atomic E-state index is -0.510. The van der Waals surface area contributed by atoms with E-state index in [4.69, 9.17) is 11.6 Å². The van der Waals surface area contributed by atoms with E-state index in [0.29, 0.717) is 21.2 Å². The number of thioether (sulfide) groups is 1. The number of hydrogen-bond acceptors (Lipinski definition) is 5. The van der Waals surface area contributed by atoms with Crippen molar-refractivity contribution in [1.82, 2.24) is 0 Å². The van der Waals surface area contributed by atoms with Crippen molar-refractivity contribution >= 4 is 52.1 Å². The molecule has 0 aliphatic carbocycles. The molecule has 0 aromatic heterocycles. The third-order valence-corrected chi connectivity index (χ3v) is 5.67. The van der Waals surface area contributed by atoms with Gasteiger partial charge in [0.15, 0.2) is 0 Å². The molecule has 2 amide bonds. The van der Waals surface area contributed by atoms with Gasteiger partial charge in [-0.15, -0.1) is 11.8 Å². The number of halogens is 1. The summed E-state index contributed by atoms with van der Waals surface area (Å²) >= 11 is 7.47. The number of carbonyl (C=O) groups is 2. The molecule has 28 heavy (non-hydrogen) atoms. The third-order valence-electron chi connectivity index (χ3n) is 4.18. The second kappa shape index (κ2) is 7.77. The lowest BCUT2D eigenvalue weighted by atomic mass is 10.1. The summed E-state index contributed by atoms with van der Waals surface area (Å²) < 4.78 is 0. The summed E-state index contributed by atoms with van der Waals surface area (Å²) in [6.45, 7) is 5.68. The van der Waals surface area contributed by atoms with Crippen LogP contribution in [0.2, 0.25) is 5.02 Å². The maximum Gasteiger partial charge on any atom is 0.272 e. The Bertz CT molecular complexity index is 1020. The molecule has 8 heteroatoms. The molecule has 0 unspecified atom stereocenters. The number of benzene rings is 2. The first-order valence-electron chi connectivity index (χ1n) is 8.51. The molecule has 6 nitrogen and oxygen atoms in total. The number of hydrogen-bond donors (Lipinski definition) is 0. The van der Waals surface area contributed by atoms with Gasteiger partial charge in [0.05, 0.1) is 21.1 Å². The number of nitro groups is 1. The molecular formula is C20H17ClN2O4S. The molecule has 0 radical (unpaired) electrons. The highest BCUT2D eigenvalue weighted by Crippen LogP contribution is 2.40. The van der Waals surface area contributed by atoms with Crippen LogP contribution in [0, 0.1) is 17.0 Å². The summed E-state index contributed by atoms with van der Waals surface area (Å²) in [4.78, 5) is 38.1. The van der Waals surface area contributed by atoms with Crippen LogP contribution in [-0.2, 0) is 9.59 Å². The normalized spacial score (nSPS) is 14.4. The van der Waals surface area contributed by atoms with Crippen molar-refractivity contribution in [3.63, 3.8) is 0 Å². The predicted octanol–water partition coefficient (Wildman–Crippen LogP) is 4.98. The Morgan fingerprint density at radius 2 is 1.71 bits per heavy atom. The van der Waals surface area contributed by atoms with E-state index in [-0.39, 0.29) is 16.5 Å². The molecule has 1 aliphatic rings. The van der Waals surface area contributed by atoms with Gasteiger partial charge in [-0.3, -0.25) is 19.7 Å². The molecule has 0 N–H and O–H groups in total. The average Bonchev–Trinajstić information content (AvgIpc) is 2.87. The average molecular weight is 417 g/mol. The Labute approximate surface area is 171 Å². The Balaban J connectivity index is 2.09. The lowest BCUT2D eigenvalue weighted by Crippen LogP contribution is -2.31. The second-order valence-electron chi connectivity index (χ2n) is 6.55. The van der Waals surface area contributed by atoms with E-state index in [2.05, 4.69) is 0 Å². The van der Waals surface area contributed by atoms with Gasteiger partial charge >= 0.3 is 0 Å². The summed E-state index contributed by atoms with van der Waals surface area (Å²) in [5, 5.41) is 11.4. The van der Waals surface area contributed by atoms with Crippen LogP contribution < -0.4 is 4.90 Å². The lowest BCUT2D eigenvalue weighted by Gasteiger charge is -2.16. The summed E-state index contributed by atoms with van der Waals surface area (Å²) in [6, 6.07) is 10.6. The highest BCUT2D eigenvalue weighted by atomic mass is 35.5. The van der Waals surface area contributed by atoms with Crippen LogP contribution in [0.5, 0.6) is 0 Å². The first kappa shape index (κ1) is 20.1. The molecule has 0 atom stereocenters. The largest absolute Gasteiger partial charge is 0.272 e. The predicted molar refractivity (Wildman–Crippen MR) is 111 cm³/mol. The fourth-order valence-electron chi connectivity index (χ4n) is 2.81. The fraction of sp³-hybridized carbons (Fsp3) is 0.200. The molecular weight excluding hydrogens is 400 g/mol. The molecule has 2 aromatic carbocycles. The first-order valence-corrected chi connectivity index (χ1v) is 9.77. The Kier molecular flexibility index (Phi) is 5.58. The molecule has 0 fully saturated rings. The van der Waals surface area contributed by atoms with E-state index < -0.39 is 16.7 Å².